The van der Waals surface area contributed by atoms with E-state index >= 15 is 0 Å². The molecule has 2 rings (SSSR count). The SMILES string of the molecule is CC(C)CCCCNc1nc2ccccn2c1C(=O)O. The monoisotopic (exact) mass is 275 g/mol. The van der Waals surface area contributed by atoms with Gasteiger partial charge in [0.2, 0.25) is 0 Å². The molecular weight excluding hydrogens is 254 g/mol. The van der Waals surface area contributed by atoms with Crippen LogP contribution in [0.1, 0.15) is 43.6 Å². The number of unbranched alkanes of at least 4 members (excludes halogenated alkanes) is 1. The molecule has 0 aromatic carbocycles. The third kappa shape index (κ3) is 3.29. The van der Waals surface area contributed by atoms with Crippen LogP contribution in [0.2, 0.25) is 0 Å². The summed E-state index contributed by atoms with van der Waals surface area (Å²) in [6.45, 7) is 5.16. The lowest BCUT2D eigenvalue weighted by molar-refractivity contribution is 0.0690. The van der Waals surface area contributed by atoms with Gasteiger partial charge in [-0.25, -0.2) is 9.78 Å². The normalized spacial score (nSPS) is 11.2. The maximum atomic E-state index is 11.4. The molecular formula is C15H21N3O2. The second kappa shape index (κ2) is 6.41. The number of carboxylic acids is 1. The Balaban J connectivity index is 2.06. The fourth-order valence-electron chi connectivity index (χ4n) is 2.21. The molecule has 0 aliphatic rings. The molecule has 0 saturated carbocycles. The third-order valence-electron chi connectivity index (χ3n) is 3.23. The number of rotatable bonds is 7. The van der Waals surface area contributed by atoms with Gasteiger partial charge in [0.15, 0.2) is 11.5 Å². The molecule has 2 aromatic rings. The van der Waals surface area contributed by atoms with Crippen LogP contribution in [0, 0.1) is 5.92 Å². The Labute approximate surface area is 118 Å². The number of nitrogens with zero attached hydrogens (tertiary/aromatic N) is 2. The summed E-state index contributed by atoms with van der Waals surface area (Å²) in [5, 5.41) is 12.5. The van der Waals surface area contributed by atoms with Crippen LogP contribution in [-0.4, -0.2) is 27.0 Å². The van der Waals surface area contributed by atoms with Crippen molar-refractivity contribution in [3.8, 4) is 0 Å². The number of hydrogen-bond acceptors (Lipinski definition) is 3. The number of carboxylic acid groups (broad SMARTS) is 1. The van der Waals surface area contributed by atoms with Crippen molar-refractivity contribution in [1.29, 1.82) is 0 Å². The van der Waals surface area contributed by atoms with Gasteiger partial charge in [-0.15, -0.1) is 0 Å². The molecule has 5 heteroatoms. The molecule has 0 aliphatic carbocycles. The van der Waals surface area contributed by atoms with Gasteiger partial charge in [0.1, 0.15) is 5.65 Å². The first-order chi connectivity index (χ1) is 9.59. The van der Waals surface area contributed by atoms with Crippen molar-refractivity contribution in [3.05, 3.63) is 30.1 Å². The molecule has 108 valence electrons. The van der Waals surface area contributed by atoms with E-state index in [0.717, 1.165) is 19.4 Å². The van der Waals surface area contributed by atoms with E-state index in [4.69, 9.17) is 0 Å². The number of nitrogens with one attached hydrogen (secondary N) is 1. The summed E-state index contributed by atoms with van der Waals surface area (Å²) in [4.78, 5) is 15.7. The van der Waals surface area contributed by atoms with E-state index in [-0.39, 0.29) is 5.69 Å². The standard InChI is InChI=1S/C15H21N3O2/c1-11(2)7-3-5-9-16-14-13(15(19)20)18-10-6-4-8-12(18)17-14/h4,6,8,10-11,16H,3,5,7,9H2,1-2H3,(H,19,20). The van der Waals surface area contributed by atoms with E-state index in [1.807, 2.05) is 6.07 Å². The number of pyridine rings is 1. The first kappa shape index (κ1) is 14.4. The second-order valence-electron chi connectivity index (χ2n) is 5.36. The fraction of sp³-hybridized carbons (Fsp3) is 0.467. The van der Waals surface area contributed by atoms with Gasteiger partial charge in [0.05, 0.1) is 0 Å². The predicted molar refractivity (Wildman–Crippen MR) is 79.3 cm³/mol. The zero-order valence-electron chi connectivity index (χ0n) is 12.0. The highest BCUT2D eigenvalue weighted by Gasteiger charge is 2.17. The number of hydrogen-bond donors (Lipinski definition) is 2. The molecule has 0 saturated heterocycles. The summed E-state index contributed by atoms with van der Waals surface area (Å²) < 4.78 is 1.60. The average molecular weight is 275 g/mol. The number of aromatic nitrogens is 2. The van der Waals surface area contributed by atoms with Crippen molar-refractivity contribution >= 4 is 17.4 Å². The minimum atomic E-state index is -0.964. The maximum absolute atomic E-state index is 11.4. The lowest BCUT2D eigenvalue weighted by atomic mass is 10.1. The van der Waals surface area contributed by atoms with Gasteiger partial charge in [-0.1, -0.05) is 32.8 Å². The van der Waals surface area contributed by atoms with E-state index in [1.165, 1.54) is 6.42 Å². The summed E-state index contributed by atoms with van der Waals surface area (Å²) in [7, 11) is 0. The molecule has 0 atom stereocenters. The van der Waals surface area contributed by atoms with Gasteiger partial charge in [-0.05, 0) is 24.5 Å². The van der Waals surface area contributed by atoms with Crippen LogP contribution < -0.4 is 5.32 Å². The summed E-state index contributed by atoms with van der Waals surface area (Å²) in [6.07, 6.45) is 5.07. The van der Waals surface area contributed by atoms with Crippen molar-refractivity contribution < 1.29 is 9.90 Å². The topological polar surface area (TPSA) is 66.6 Å². The van der Waals surface area contributed by atoms with Crippen molar-refractivity contribution in [2.24, 2.45) is 5.92 Å². The second-order valence-corrected chi connectivity index (χ2v) is 5.36. The number of carbonyl (C=O) groups is 1. The molecule has 20 heavy (non-hydrogen) atoms. The Kier molecular flexibility index (Phi) is 4.61. The number of aromatic carboxylic acids is 1. The molecule has 0 radical (unpaired) electrons. The van der Waals surface area contributed by atoms with Gasteiger partial charge < -0.3 is 10.4 Å². The number of anilines is 1. The Morgan fingerprint density at radius 3 is 2.90 bits per heavy atom. The maximum Gasteiger partial charge on any atom is 0.356 e. The highest BCUT2D eigenvalue weighted by molar-refractivity contribution is 5.92. The number of fused-ring (bicyclic) bond motifs is 1. The first-order valence-electron chi connectivity index (χ1n) is 7.04. The third-order valence-corrected chi connectivity index (χ3v) is 3.23. The molecule has 0 amide bonds. The minimum absolute atomic E-state index is 0.199. The summed E-state index contributed by atoms with van der Waals surface area (Å²) in [5.74, 6) is 0.196. The molecule has 2 heterocycles. The van der Waals surface area contributed by atoms with Crippen molar-refractivity contribution in [3.63, 3.8) is 0 Å². The average Bonchev–Trinajstić information content (AvgIpc) is 2.76. The molecule has 0 unspecified atom stereocenters. The number of imidazole rings is 1. The van der Waals surface area contributed by atoms with Crippen LogP contribution in [0.4, 0.5) is 5.82 Å². The Morgan fingerprint density at radius 2 is 2.20 bits per heavy atom. The van der Waals surface area contributed by atoms with Crippen LogP contribution in [0.25, 0.3) is 5.65 Å². The van der Waals surface area contributed by atoms with Crippen LogP contribution in [0.3, 0.4) is 0 Å². The van der Waals surface area contributed by atoms with Crippen LogP contribution in [0.15, 0.2) is 24.4 Å². The first-order valence-corrected chi connectivity index (χ1v) is 7.04. The Bertz CT molecular complexity index is 590. The van der Waals surface area contributed by atoms with Crippen molar-refractivity contribution in [1.82, 2.24) is 9.38 Å². The van der Waals surface area contributed by atoms with Crippen molar-refractivity contribution in [2.45, 2.75) is 33.1 Å². The Hall–Kier alpha value is -2.04. The highest BCUT2D eigenvalue weighted by Crippen LogP contribution is 2.18. The highest BCUT2D eigenvalue weighted by atomic mass is 16.4. The van der Waals surface area contributed by atoms with Crippen molar-refractivity contribution in [2.75, 3.05) is 11.9 Å². The molecule has 0 spiro atoms. The lowest BCUT2D eigenvalue weighted by Crippen LogP contribution is -2.09. The molecule has 5 nitrogen and oxygen atoms in total. The molecule has 0 aliphatic heterocycles. The quantitative estimate of drug-likeness (QED) is 0.761. The zero-order chi connectivity index (χ0) is 14.5. The lowest BCUT2D eigenvalue weighted by Gasteiger charge is -2.06. The van der Waals surface area contributed by atoms with Gasteiger partial charge in [-0.3, -0.25) is 4.40 Å². The summed E-state index contributed by atoms with van der Waals surface area (Å²) in [6, 6.07) is 5.45. The van der Waals surface area contributed by atoms with Gasteiger partial charge in [0, 0.05) is 12.7 Å². The van der Waals surface area contributed by atoms with E-state index in [1.54, 1.807) is 22.7 Å². The summed E-state index contributed by atoms with van der Waals surface area (Å²) >= 11 is 0. The zero-order valence-corrected chi connectivity index (χ0v) is 12.0. The van der Waals surface area contributed by atoms with E-state index in [2.05, 4.69) is 24.1 Å². The smallest absolute Gasteiger partial charge is 0.356 e. The van der Waals surface area contributed by atoms with Gasteiger partial charge >= 0.3 is 5.97 Å². The van der Waals surface area contributed by atoms with Gasteiger partial charge in [-0.2, -0.15) is 0 Å². The van der Waals surface area contributed by atoms with E-state index < -0.39 is 5.97 Å². The van der Waals surface area contributed by atoms with Crippen LogP contribution in [-0.2, 0) is 0 Å². The van der Waals surface area contributed by atoms with E-state index in [9.17, 15) is 9.90 Å². The predicted octanol–water partition coefficient (Wildman–Crippen LogP) is 3.27. The minimum Gasteiger partial charge on any atom is -0.476 e. The molecule has 0 fully saturated rings. The summed E-state index contributed by atoms with van der Waals surface area (Å²) in [5.41, 5.74) is 0.846. The molecule has 2 aromatic heterocycles. The molecule has 2 N–H and O–H groups in total. The Morgan fingerprint density at radius 1 is 1.40 bits per heavy atom. The van der Waals surface area contributed by atoms with Crippen LogP contribution >= 0.6 is 0 Å². The fourth-order valence-corrected chi connectivity index (χ4v) is 2.21. The molecule has 0 bridgehead atoms. The van der Waals surface area contributed by atoms with Gasteiger partial charge in [0.25, 0.3) is 0 Å². The van der Waals surface area contributed by atoms with E-state index in [0.29, 0.717) is 17.4 Å². The van der Waals surface area contributed by atoms with Crippen LogP contribution in [0.5, 0.6) is 0 Å². The largest absolute Gasteiger partial charge is 0.476 e.